The number of methoxy groups -OCH3 is 1. The molecule has 198 valence electrons. The van der Waals surface area contributed by atoms with Crippen LogP contribution in [0.4, 0.5) is 0 Å². The Kier molecular flexibility index (Phi) is 8.20. The van der Waals surface area contributed by atoms with E-state index >= 15 is 0 Å². The molecule has 1 N–H and O–H groups in total. The molecule has 1 saturated heterocycles. The van der Waals surface area contributed by atoms with E-state index in [4.69, 9.17) is 14.5 Å². The molecule has 1 fully saturated rings. The number of carbonyl (C=O) groups is 1. The Hall–Kier alpha value is -3.49. The highest BCUT2D eigenvalue weighted by atomic mass is 32.1. The molecular formula is C30H34N4O3S. The van der Waals surface area contributed by atoms with Crippen LogP contribution in [-0.4, -0.2) is 46.8 Å². The number of aryl methyl sites for hydroxylation is 2. The average molecular weight is 531 g/mol. The van der Waals surface area contributed by atoms with Crippen LogP contribution in [0.25, 0.3) is 22.0 Å². The minimum Gasteiger partial charge on any atom is -0.497 e. The number of pyridine rings is 1. The fraction of sp³-hybridized carbons (Fsp3) is 0.367. The lowest BCUT2D eigenvalue weighted by Gasteiger charge is -2.12. The standard InChI is InChI=1S/C30H34N4O3S/c1-4-23-16-22(11-13-31-23)30-33-27(19-38-30)28-17-26(29(35)32-18-25-6-5-15-37-25)20(2)34(28)14-12-21-7-9-24(36-3)10-8-21/h7-11,13,16-17,19,25H,4-6,12,14-15,18H2,1-3H3,(H,32,35). The van der Waals surface area contributed by atoms with E-state index in [2.05, 4.69) is 45.4 Å². The molecule has 1 aliphatic heterocycles. The second kappa shape index (κ2) is 11.9. The smallest absolute Gasteiger partial charge is 0.253 e. The maximum absolute atomic E-state index is 13.2. The number of amides is 1. The molecule has 3 aromatic heterocycles. The molecule has 0 saturated carbocycles. The normalized spacial score (nSPS) is 15.1. The van der Waals surface area contributed by atoms with Crippen molar-refractivity contribution in [3.05, 3.63) is 76.6 Å². The van der Waals surface area contributed by atoms with Crippen molar-refractivity contribution in [3.63, 3.8) is 0 Å². The number of benzene rings is 1. The lowest BCUT2D eigenvalue weighted by molar-refractivity contribution is 0.0857. The molecule has 1 atom stereocenters. The number of nitrogens with zero attached hydrogens (tertiary/aromatic N) is 3. The van der Waals surface area contributed by atoms with Gasteiger partial charge in [0.1, 0.15) is 10.8 Å². The Morgan fingerprint density at radius 1 is 1.24 bits per heavy atom. The SMILES string of the molecule is CCc1cc(-c2nc(-c3cc(C(=O)NCC4CCCO4)c(C)n3CCc3ccc(OC)cc3)cs2)ccn1. The van der Waals surface area contributed by atoms with Crippen LogP contribution < -0.4 is 10.1 Å². The quantitative estimate of drug-likeness (QED) is 0.284. The average Bonchev–Trinajstić information content (AvgIpc) is 3.72. The van der Waals surface area contributed by atoms with Gasteiger partial charge < -0.3 is 19.4 Å². The van der Waals surface area contributed by atoms with Gasteiger partial charge in [0.15, 0.2) is 0 Å². The Labute approximate surface area is 227 Å². The van der Waals surface area contributed by atoms with Crippen LogP contribution in [0.2, 0.25) is 0 Å². The Morgan fingerprint density at radius 3 is 2.82 bits per heavy atom. The maximum atomic E-state index is 13.2. The van der Waals surface area contributed by atoms with Gasteiger partial charge in [0.25, 0.3) is 5.91 Å². The molecule has 1 unspecified atom stereocenters. The third kappa shape index (κ3) is 5.81. The molecule has 7 nitrogen and oxygen atoms in total. The minimum absolute atomic E-state index is 0.0698. The number of ether oxygens (including phenoxy) is 2. The van der Waals surface area contributed by atoms with Crippen LogP contribution in [0.15, 0.2) is 54.0 Å². The highest BCUT2D eigenvalue weighted by Gasteiger charge is 2.22. The van der Waals surface area contributed by atoms with E-state index in [1.54, 1.807) is 18.4 Å². The van der Waals surface area contributed by atoms with Gasteiger partial charge in [0, 0.05) is 48.2 Å². The van der Waals surface area contributed by atoms with Crippen molar-refractivity contribution in [2.24, 2.45) is 0 Å². The fourth-order valence-corrected chi connectivity index (χ4v) is 5.65. The second-order valence-electron chi connectivity index (χ2n) is 9.55. The van der Waals surface area contributed by atoms with Crippen LogP contribution in [0.3, 0.4) is 0 Å². The van der Waals surface area contributed by atoms with E-state index in [0.717, 1.165) is 77.9 Å². The van der Waals surface area contributed by atoms with E-state index in [9.17, 15) is 4.79 Å². The van der Waals surface area contributed by atoms with Gasteiger partial charge in [-0.2, -0.15) is 0 Å². The van der Waals surface area contributed by atoms with Crippen molar-refractivity contribution in [2.45, 2.75) is 52.2 Å². The molecule has 1 amide bonds. The molecule has 4 heterocycles. The third-order valence-corrected chi connectivity index (χ3v) is 7.99. The molecule has 8 heteroatoms. The molecule has 0 aliphatic carbocycles. The number of hydrogen-bond donors (Lipinski definition) is 1. The molecule has 0 radical (unpaired) electrons. The number of rotatable bonds is 10. The highest BCUT2D eigenvalue weighted by Crippen LogP contribution is 2.32. The topological polar surface area (TPSA) is 78.3 Å². The fourth-order valence-electron chi connectivity index (χ4n) is 4.84. The zero-order valence-corrected chi connectivity index (χ0v) is 23.0. The van der Waals surface area contributed by atoms with Crippen LogP contribution >= 0.6 is 11.3 Å². The first kappa shape index (κ1) is 26.1. The number of aromatic nitrogens is 3. The molecule has 38 heavy (non-hydrogen) atoms. The summed E-state index contributed by atoms with van der Waals surface area (Å²) in [5.41, 5.74) is 6.75. The van der Waals surface area contributed by atoms with E-state index < -0.39 is 0 Å². The Morgan fingerprint density at radius 2 is 2.08 bits per heavy atom. The largest absolute Gasteiger partial charge is 0.497 e. The first-order valence-electron chi connectivity index (χ1n) is 13.2. The van der Waals surface area contributed by atoms with Gasteiger partial charge >= 0.3 is 0 Å². The van der Waals surface area contributed by atoms with Crippen molar-refractivity contribution in [3.8, 4) is 27.7 Å². The summed E-state index contributed by atoms with van der Waals surface area (Å²) in [6.45, 7) is 6.15. The minimum atomic E-state index is -0.0698. The number of carbonyl (C=O) groups excluding carboxylic acids is 1. The van der Waals surface area contributed by atoms with Gasteiger partial charge in [-0.05, 0) is 68.5 Å². The van der Waals surface area contributed by atoms with Crippen LogP contribution in [0.5, 0.6) is 5.75 Å². The number of hydrogen-bond acceptors (Lipinski definition) is 6. The predicted octanol–water partition coefficient (Wildman–Crippen LogP) is 5.70. The summed E-state index contributed by atoms with van der Waals surface area (Å²) in [5, 5.41) is 6.11. The second-order valence-corrected chi connectivity index (χ2v) is 10.4. The maximum Gasteiger partial charge on any atom is 0.253 e. The molecule has 5 rings (SSSR count). The van der Waals surface area contributed by atoms with E-state index in [1.807, 2.05) is 37.4 Å². The molecule has 1 aromatic carbocycles. The summed E-state index contributed by atoms with van der Waals surface area (Å²) in [6, 6.07) is 14.2. The van der Waals surface area contributed by atoms with Gasteiger partial charge in [0.05, 0.1) is 30.2 Å². The van der Waals surface area contributed by atoms with Crippen molar-refractivity contribution in [1.29, 1.82) is 0 Å². The summed E-state index contributed by atoms with van der Waals surface area (Å²) in [6.07, 6.45) is 5.69. The van der Waals surface area contributed by atoms with Crippen molar-refractivity contribution >= 4 is 17.2 Å². The van der Waals surface area contributed by atoms with E-state index in [-0.39, 0.29) is 12.0 Å². The van der Waals surface area contributed by atoms with Crippen molar-refractivity contribution in [2.75, 3.05) is 20.3 Å². The van der Waals surface area contributed by atoms with E-state index in [0.29, 0.717) is 12.1 Å². The molecule has 1 aliphatic rings. The van der Waals surface area contributed by atoms with Crippen molar-refractivity contribution < 1.29 is 14.3 Å². The summed E-state index contributed by atoms with van der Waals surface area (Å²) >= 11 is 1.61. The Balaban J connectivity index is 1.43. The monoisotopic (exact) mass is 530 g/mol. The first-order chi connectivity index (χ1) is 18.6. The molecule has 0 spiro atoms. The Bertz CT molecular complexity index is 1390. The summed E-state index contributed by atoms with van der Waals surface area (Å²) in [4.78, 5) is 22.6. The van der Waals surface area contributed by atoms with Gasteiger partial charge in [-0.15, -0.1) is 11.3 Å². The van der Waals surface area contributed by atoms with Gasteiger partial charge in [-0.1, -0.05) is 19.1 Å². The summed E-state index contributed by atoms with van der Waals surface area (Å²) in [5.74, 6) is 0.772. The third-order valence-electron chi connectivity index (χ3n) is 7.10. The van der Waals surface area contributed by atoms with Gasteiger partial charge in [-0.25, -0.2) is 4.98 Å². The molecular weight excluding hydrogens is 496 g/mol. The van der Waals surface area contributed by atoms with Crippen LogP contribution in [0, 0.1) is 6.92 Å². The number of nitrogens with one attached hydrogen (secondary N) is 1. The molecule has 0 bridgehead atoms. The lowest BCUT2D eigenvalue weighted by Crippen LogP contribution is -2.32. The number of thiazole rings is 1. The predicted molar refractivity (Wildman–Crippen MR) is 151 cm³/mol. The van der Waals surface area contributed by atoms with Gasteiger partial charge in [-0.3, -0.25) is 9.78 Å². The van der Waals surface area contributed by atoms with Gasteiger partial charge in [0.2, 0.25) is 0 Å². The zero-order valence-electron chi connectivity index (χ0n) is 22.2. The zero-order chi connectivity index (χ0) is 26.5. The van der Waals surface area contributed by atoms with E-state index in [1.165, 1.54) is 5.56 Å². The van der Waals surface area contributed by atoms with Crippen molar-refractivity contribution in [1.82, 2.24) is 19.9 Å². The highest BCUT2D eigenvalue weighted by molar-refractivity contribution is 7.13. The molecule has 4 aromatic rings. The first-order valence-corrected chi connectivity index (χ1v) is 14.1. The van der Waals surface area contributed by atoms with Crippen LogP contribution in [0.1, 0.15) is 47.1 Å². The summed E-state index contributed by atoms with van der Waals surface area (Å²) in [7, 11) is 1.67. The lowest BCUT2D eigenvalue weighted by atomic mass is 10.1. The summed E-state index contributed by atoms with van der Waals surface area (Å²) < 4.78 is 13.2. The van der Waals surface area contributed by atoms with Crippen LogP contribution in [-0.2, 0) is 24.1 Å².